The number of hydrogen-bond donors (Lipinski definition) is 1. The maximum atomic E-state index is 13.6. The van der Waals surface area contributed by atoms with Crippen molar-refractivity contribution in [2.45, 2.75) is 6.18 Å². The van der Waals surface area contributed by atoms with Crippen molar-refractivity contribution in [3.05, 3.63) is 41.6 Å². The SMILES string of the molecule is CNc1nc(-c2cc(F)ccc2F)cc(C(F)(F)F)n1. The highest BCUT2D eigenvalue weighted by molar-refractivity contribution is 5.61. The minimum atomic E-state index is -4.72. The summed E-state index contributed by atoms with van der Waals surface area (Å²) >= 11 is 0. The first-order valence-electron chi connectivity index (χ1n) is 5.40. The molecule has 20 heavy (non-hydrogen) atoms. The van der Waals surface area contributed by atoms with Gasteiger partial charge in [-0.05, 0) is 24.3 Å². The molecular formula is C12H8F5N3. The summed E-state index contributed by atoms with van der Waals surface area (Å²) < 4.78 is 64.8. The number of benzene rings is 1. The molecule has 1 aromatic carbocycles. The van der Waals surface area contributed by atoms with Crippen LogP contribution in [0.3, 0.4) is 0 Å². The largest absolute Gasteiger partial charge is 0.433 e. The molecule has 0 aliphatic heterocycles. The topological polar surface area (TPSA) is 37.8 Å². The van der Waals surface area contributed by atoms with Gasteiger partial charge in [-0.15, -0.1) is 0 Å². The molecule has 0 amide bonds. The molecule has 1 heterocycles. The van der Waals surface area contributed by atoms with Crippen LogP contribution < -0.4 is 5.32 Å². The summed E-state index contributed by atoms with van der Waals surface area (Å²) in [6.45, 7) is 0. The lowest BCUT2D eigenvalue weighted by Crippen LogP contribution is -2.11. The van der Waals surface area contributed by atoms with Crippen LogP contribution in [0.4, 0.5) is 27.9 Å². The van der Waals surface area contributed by atoms with Crippen molar-refractivity contribution in [3.63, 3.8) is 0 Å². The molecule has 0 atom stereocenters. The van der Waals surface area contributed by atoms with E-state index >= 15 is 0 Å². The summed E-state index contributed by atoms with van der Waals surface area (Å²) in [5.41, 5.74) is -1.96. The summed E-state index contributed by atoms with van der Waals surface area (Å²) in [7, 11) is 1.32. The summed E-state index contributed by atoms with van der Waals surface area (Å²) in [6, 6.07) is 3.03. The van der Waals surface area contributed by atoms with Gasteiger partial charge in [0.2, 0.25) is 5.95 Å². The molecule has 1 N–H and O–H groups in total. The van der Waals surface area contributed by atoms with E-state index < -0.39 is 23.5 Å². The first kappa shape index (κ1) is 14.2. The molecule has 0 aliphatic carbocycles. The van der Waals surface area contributed by atoms with Crippen LogP contribution >= 0.6 is 0 Å². The Kier molecular flexibility index (Phi) is 3.56. The normalized spacial score (nSPS) is 11.5. The number of nitrogens with one attached hydrogen (secondary N) is 1. The van der Waals surface area contributed by atoms with Gasteiger partial charge in [-0.1, -0.05) is 0 Å². The van der Waals surface area contributed by atoms with E-state index in [1.807, 2.05) is 0 Å². The number of rotatable bonds is 2. The highest BCUT2D eigenvalue weighted by atomic mass is 19.4. The molecule has 3 nitrogen and oxygen atoms in total. The molecule has 2 aromatic rings. The van der Waals surface area contributed by atoms with E-state index in [-0.39, 0.29) is 17.2 Å². The van der Waals surface area contributed by atoms with Crippen LogP contribution in [0.25, 0.3) is 11.3 Å². The van der Waals surface area contributed by atoms with Gasteiger partial charge in [0, 0.05) is 12.6 Å². The standard InChI is InChI=1S/C12H8F5N3/c1-18-11-19-9(5-10(20-11)12(15,16)17)7-4-6(13)2-3-8(7)14/h2-5H,1H3,(H,18,19,20). The molecule has 0 saturated heterocycles. The molecule has 0 aliphatic rings. The number of nitrogens with zero attached hydrogens (tertiary/aromatic N) is 2. The Labute approximate surface area is 110 Å². The van der Waals surface area contributed by atoms with Gasteiger partial charge in [0.05, 0.1) is 5.69 Å². The van der Waals surface area contributed by atoms with Gasteiger partial charge in [0.1, 0.15) is 11.6 Å². The van der Waals surface area contributed by atoms with E-state index in [2.05, 4.69) is 15.3 Å². The molecule has 0 spiro atoms. The fraction of sp³-hybridized carbons (Fsp3) is 0.167. The van der Waals surface area contributed by atoms with Crippen molar-refractivity contribution in [3.8, 4) is 11.3 Å². The van der Waals surface area contributed by atoms with Crippen molar-refractivity contribution in [1.82, 2.24) is 9.97 Å². The average Bonchev–Trinajstić information content (AvgIpc) is 2.40. The third kappa shape index (κ3) is 2.84. The maximum Gasteiger partial charge on any atom is 0.433 e. The van der Waals surface area contributed by atoms with Gasteiger partial charge in [-0.25, -0.2) is 18.7 Å². The smallest absolute Gasteiger partial charge is 0.357 e. The Hall–Kier alpha value is -2.25. The van der Waals surface area contributed by atoms with Gasteiger partial charge >= 0.3 is 6.18 Å². The summed E-state index contributed by atoms with van der Waals surface area (Å²) in [5, 5.41) is 2.35. The number of halogens is 5. The van der Waals surface area contributed by atoms with Crippen LogP contribution in [0.1, 0.15) is 5.69 Å². The highest BCUT2D eigenvalue weighted by Crippen LogP contribution is 2.31. The fourth-order valence-electron chi connectivity index (χ4n) is 1.54. The van der Waals surface area contributed by atoms with Crippen LogP contribution in [-0.4, -0.2) is 17.0 Å². The Morgan fingerprint density at radius 1 is 1.05 bits per heavy atom. The van der Waals surface area contributed by atoms with E-state index in [9.17, 15) is 22.0 Å². The molecule has 0 bridgehead atoms. The second-order valence-corrected chi connectivity index (χ2v) is 3.83. The van der Waals surface area contributed by atoms with Gasteiger partial charge in [0.15, 0.2) is 5.69 Å². The third-order valence-corrected chi connectivity index (χ3v) is 2.44. The van der Waals surface area contributed by atoms with Gasteiger partial charge in [-0.3, -0.25) is 0 Å². The van der Waals surface area contributed by atoms with Crippen LogP contribution in [0, 0.1) is 11.6 Å². The van der Waals surface area contributed by atoms with Crippen molar-refractivity contribution in [2.75, 3.05) is 12.4 Å². The molecule has 0 saturated carbocycles. The molecule has 0 unspecified atom stereocenters. The molecule has 0 radical (unpaired) electrons. The minimum absolute atomic E-state index is 0.335. The first-order chi connectivity index (χ1) is 9.31. The highest BCUT2D eigenvalue weighted by Gasteiger charge is 2.34. The van der Waals surface area contributed by atoms with E-state index in [4.69, 9.17) is 0 Å². The Bertz CT molecular complexity index is 639. The van der Waals surface area contributed by atoms with E-state index in [0.29, 0.717) is 6.07 Å². The van der Waals surface area contributed by atoms with E-state index in [0.717, 1.165) is 18.2 Å². The second-order valence-electron chi connectivity index (χ2n) is 3.83. The quantitative estimate of drug-likeness (QED) is 0.860. The van der Waals surface area contributed by atoms with Crippen molar-refractivity contribution in [1.29, 1.82) is 0 Å². The summed E-state index contributed by atoms with van der Waals surface area (Å²) in [4.78, 5) is 6.95. The monoisotopic (exact) mass is 289 g/mol. The van der Waals surface area contributed by atoms with Crippen molar-refractivity contribution < 1.29 is 22.0 Å². The fourth-order valence-corrected chi connectivity index (χ4v) is 1.54. The predicted octanol–water partition coefficient (Wildman–Crippen LogP) is 3.48. The van der Waals surface area contributed by atoms with E-state index in [1.165, 1.54) is 7.05 Å². The second kappa shape index (κ2) is 5.03. The molecule has 2 rings (SSSR count). The lowest BCUT2D eigenvalue weighted by atomic mass is 10.1. The summed E-state index contributed by atoms with van der Waals surface area (Å²) in [6.07, 6.45) is -4.72. The number of alkyl halides is 3. The zero-order chi connectivity index (χ0) is 14.9. The zero-order valence-electron chi connectivity index (χ0n) is 10.1. The lowest BCUT2D eigenvalue weighted by Gasteiger charge is -2.10. The van der Waals surface area contributed by atoms with Crippen molar-refractivity contribution >= 4 is 5.95 Å². The number of aromatic nitrogens is 2. The molecule has 0 fully saturated rings. The zero-order valence-corrected chi connectivity index (χ0v) is 10.1. The van der Waals surface area contributed by atoms with Crippen molar-refractivity contribution in [2.24, 2.45) is 0 Å². The molecule has 1 aromatic heterocycles. The van der Waals surface area contributed by atoms with Gasteiger partial charge < -0.3 is 5.32 Å². The third-order valence-electron chi connectivity index (χ3n) is 2.44. The molecule has 106 valence electrons. The first-order valence-corrected chi connectivity index (χ1v) is 5.40. The molecule has 8 heteroatoms. The molecular weight excluding hydrogens is 281 g/mol. The average molecular weight is 289 g/mol. The lowest BCUT2D eigenvalue weighted by molar-refractivity contribution is -0.141. The van der Waals surface area contributed by atoms with E-state index in [1.54, 1.807) is 0 Å². The van der Waals surface area contributed by atoms with Crippen LogP contribution in [0.5, 0.6) is 0 Å². The van der Waals surface area contributed by atoms with Crippen LogP contribution in [0.2, 0.25) is 0 Å². The minimum Gasteiger partial charge on any atom is -0.357 e. The predicted molar refractivity (Wildman–Crippen MR) is 61.9 cm³/mol. The Balaban J connectivity index is 2.64. The summed E-state index contributed by atoms with van der Waals surface area (Å²) in [5.74, 6) is -1.99. The Morgan fingerprint density at radius 2 is 1.75 bits per heavy atom. The maximum absolute atomic E-state index is 13.6. The number of anilines is 1. The van der Waals surface area contributed by atoms with Crippen LogP contribution in [-0.2, 0) is 6.18 Å². The van der Waals surface area contributed by atoms with Gasteiger partial charge in [0.25, 0.3) is 0 Å². The van der Waals surface area contributed by atoms with Crippen LogP contribution in [0.15, 0.2) is 24.3 Å². The number of hydrogen-bond acceptors (Lipinski definition) is 3. The van der Waals surface area contributed by atoms with Gasteiger partial charge in [-0.2, -0.15) is 13.2 Å². The Morgan fingerprint density at radius 3 is 2.35 bits per heavy atom.